The number of fused-ring (bicyclic) bond motifs is 1. The van der Waals surface area contributed by atoms with E-state index in [4.69, 9.17) is 0 Å². The van der Waals surface area contributed by atoms with Crippen LogP contribution in [0.4, 0.5) is 0 Å². The van der Waals surface area contributed by atoms with E-state index in [1.54, 1.807) is 0 Å². The molecule has 1 aliphatic heterocycles. The van der Waals surface area contributed by atoms with Gasteiger partial charge in [-0.3, -0.25) is 4.90 Å². The Balaban J connectivity index is 2.35. The molecule has 0 saturated heterocycles. The topological polar surface area (TPSA) is 3.24 Å². The molecule has 0 unspecified atom stereocenters. The maximum absolute atomic E-state index is 2.36. The summed E-state index contributed by atoms with van der Waals surface area (Å²) < 4.78 is 0. The van der Waals surface area contributed by atoms with Gasteiger partial charge in [-0.1, -0.05) is 32.0 Å². The van der Waals surface area contributed by atoms with E-state index < -0.39 is 0 Å². The van der Waals surface area contributed by atoms with Gasteiger partial charge in [0.25, 0.3) is 0 Å². The van der Waals surface area contributed by atoms with Gasteiger partial charge in [0.15, 0.2) is 0 Å². The third-order valence-corrected chi connectivity index (χ3v) is 2.78. The third-order valence-electron chi connectivity index (χ3n) is 2.78. The smallest absolute Gasteiger partial charge is 0.0237 e. The highest BCUT2D eigenvalue weighted by molar-refractivity contribution is 5.35. The lowest BCUT2D eigenvalue weighted by Crippen LogP contribution is -2.07. The zero-order valence-corrected chi connectivity index (χ0v) is 8.67. The van der Waals surface area contributed by atoms with Crippen molar-refractivity contribution in [3.8, 4) is 0 Å². The molecule has 0 spiro atoms. The Hall–Kier alpha value is -0.820. The molecule has 0 fully saturated rings. The average molecular weight is 175 g/mol. The standard InChI is InChI=1S/C12H17N/c1-9(2)10-4-5-11-7-13(3)8-12(11)6-10/h4-6,9H,7-8H2,1-3H3. The van der Waals surface area contributed by atoms with Gasteiger partial charge >= 0.3 is 0 Å². The van der Waals surface area contributed by atoms with Gasteiger partial charge in [0, 0.05) is 13.1 Å². The molecule has 1 heterocycles. The molecule has 2 rings (SSSR count). The molecule has 0 radical (unpaired) electrons. The largest absolute Gasteiger partial charge is 0.298 e. The molecule has 0 saturated carbocycles. The van der Waals surface area contributed by atoms with Gasteiger partial charge < -0.3 is 0 Å². The van der Waals surface area contributed by atoms with Gasteiger partial charge in [-0.25, -0.2) is 0 Å². The number of rotatable bonds is 1. The Bertz CT molecular complexity index is 315. The molecule has 13 heavy (non-hydrogen) atoms. The van der Waals surface area contributed by atoms with Gasteiger partial charge in [0.1, 0.15) is 0 Å². The van der Waals surface area contributed by atoms with Crippen molar-refractivity contribution < 1.29 is 0 Å². The molecule has 0 N–H and O–H groups in total. The number of hydrogen-bond acceptors (Lipinski definition) is 1. The van der Waals surface area contributed by atoms with Crippen molar-refractivity contribution in [1.29, 1.82) is 0 Å². The van der Waals surface area contributed by atoms with E-state index >= 15 is 0 Å². The van der Waals surface area contributed by atoms with Gasteiger partial charge in [-0.15, -0.1) is 0 Å². The van der Waals surface area contributed by atoms with Crippen molar-refractivity contribution in [3.63, 3.8) is 0 Å². The lowest BCUT2D eigenvalue weighted by Gasteiger charge is -2.06. The normalized spacial score (nSPS) is 16.6. The van der Waals surface area contributed by atoms with E-state index in [0.29, 0.717) is 5.92 Å². The predicted octanol–water partition coefficient (Wildman–Crippen LogP) is 2.76. The van der Waals surface area contributed by atoms with Crippen molar-refractivity contribution in [2.75, 3.05) is 7.05 Å². The summed E-state index contributed by atoms with van der Waals surface area (Å²) in [4.78, 5) is 2.36. The van der Waals surface area contributed by atoms with Crippen LogP contribution in [0.15, 0.2) is 18.2 Å². The Labute approximate surface area is 80.4 Å². The number of nitrogens with zero attached hydrogens (tertiary/aromatic N) is 1. The van der Waals surface area contributed by atoms with Gasteiger partial charge in [0.05, 0.1) is 0 Å². The molecule has 0 atom stereocenters. The molecule has 0 aromatic heterocycles. The summed E-state index contributed by atoms with van der Waals surface area (Å²) in [5.74, 6) is 0.649. The molecule has 1 aromatic rings. The van der Waals surface area contributed by atoms with Gasteiger partial charge in [-0.2, -0.15) is 0 Å². The summed E-state index contributed by atoms with van der Waals surface area (Å²) in [6.45, 7) is 6.74. The first-order valence-electron chi connectivity index (χ1n) is 4.97. The first-order chi connectivity index (χ1) is 6.16. The van der Waals surface area contributed by atoms with E-state index in [0.717, 1.165) is 13.1 Å². The Morgan fingerprint density at radius 3 is 2.54 bits per heavy atom. The van der Waals surface area contributed by atoms with Gasteiger partial charge in [-0.05, 0) is 29.7 Å². The molecule has 70 valence electrons. The molecule has 1 aromatic carbocycles. The van der Waals surface area contributed by atoms with Crippen LogP contribution in [-0.2, 0) is 13.1 Å². The second kappa shape index (κ2) is 3.15. The van der Waals surface area contributed by atoms with Crippen LogP contribution in [0, 0.1) is 0 Å². The van der Waals surface area contributed by atoms with E-state index in [1.165, 1.54) is 16.7 Å². The summed E-state index contributed by atoms with van der Waals surface area (Å²) in [6.07, 6.45) is 0. The second-order valence-electron chi connectivity index (χ2n) is 4.36. The Morgan fingerprint density at radius 1 is 1.15 bits per heavy atom. The lowest BCUT2D eigenvalue weighted by atomic mass is 9.99. The molecule has 0 amide bonds. The van der Waals surface area contributed by atoms with Crippen LogP contribution in [0.5, 0.6) is 0 Å². The predicted molar refractivity (Wildman–Crippen MR) is 55.7 cm³/mol. The SMILES string of the molecule is CC(C)c1ccc2c(c1)CN(C)C2. The van der Waals surface area contributed by atoms with Crippen molar-refractivity contribution >= 4 is 0 Å². The maximum atomic E-state index is 2.36. The second-order valence-corrected chi connectivity index (χ2v) is 4.36. The van der Waals surface area contributed by atoms with Crippen molar-refractivity contribution in [2.45, 2.75) is 32.9 Å². The van der Waals surface area contributed by atoms with E-state index in [-0.39, 0.29) is 0 Å². The van der Waals surface area contributed by atoms with Crippen LogP contribution in [0.2, 0.25) is 0 Å². The van der Waals surface area contributed by atoms with E-state index in [1.807, 2.05) is 0 Å². The average Bonchev–Trinajstić information content (AvgIpc) is 2.42. The molecular weight excluding hydrogens is 158 g/mol. The fourth-order valence-electron chi connectivity index (χ4n) is 1.94. The highest BCUT2D eigenvalue weighted by atomic mass is 15.1. The minimum atomic E-state index is 0.649. The molecule has 1 nitrogen and oxygen atoms in total. The third kappa shape index (κ3) is 1.61. The zero-order chi connectivity index (χ0) is 9.42. The minimum Gasteiger partial charge on any atom is -0.298 e. The van der Waals surface area contributed by atoms with Crippen LogP contribution in [-0.4, -0.2) is 11.9 Å². The maximum Gasteiger partial charge on any atom is 0.0237 e. The summed E-state index contributed by atoms with van der Waals surface area (Å²) in [6, 6.07) is 6.92. The Morgan fingerprint density at radius 2 is 1.85 bits per heavy atom. The quantitative estimate of drug-likeness (QED) is 0.634. The summed E-state index contributed by atoms with van der Waals surface area (Å²) in [5, 5.41) is 0. The molecule has 1 aliphatic rings. The first-order valence-corrected chi connectivity index (χ1v) is 4.97. The molecule has 0 bridgehead atoms. The summed E-state index contributed by atoms with van der Waals surface area (Å²) in [5.41, 5.74) is 4.50. The fraction of sp³-hybridized carbons (Fsp3) is 0.500. The highest BCUT2D eigenvalue weighted by Crippen LogP contribution is 2.25. The summed E-state index contributed by atoms with van der Waals surface area (Å²) in [7, 11) is 2.18. The number of benzene rings is 1. The van der Waals surface area contributed by atoms with Crippen molar-refractivity contribution in [1.82, 2.24) is 4.90 Å². The highest BCUT2D eigenvalue weighted by Gasteiger charge is 2.15. The molecule has 0 aliphatic carbocycles. The molecule has 1 heteroatoms. The zero-order valence-electron chi connectivity index (χ0n) is 8.67. The fourth-order valence-corrected chi connectivity index (χ4v) is 1.94. The van der Waals surface area contributed by atoms with Crippen LogP contribution in [0.3, 0.4) is 0 Å². The molecular formula is C12H17N. The van der Waals surface area contributed by atoms with E-state index in [2.05, 4.69) is 44.0 Å². The van der Waals surface area contributed by atoms with Crippen LogP contribution >= 0.6 is 0 Å². The summed E-state index contributed by atoms with van der Waals surface area (Å²) >= 11 is 0. The van der Waals surface area contributed by atoms with Crippen LogP contribution in [0.25, 0.3) is 0 Å². The van der Waals surface area contributed by atoms with Crippen LogP contribution < -0.4 is 0 Å². The number of hydrogen-bond donors (Lipinski definition) is 0. The monoisotopic (exact) mass is 175 g/mol. The van der Waals surface area contributed by atoms with Gasteiger partial charge in [0.2, 0.25) is 0 Å². The van der Waals surface area contributed by atoms with Crippen LogP contribution in [0.1, 0.15) is 36.5 Å². The first kappa shape index (κ1) is 8.76. The van der Waals surface area contributed by atoms with E-state index in [9.17, 15) is 0 Å². The van der Waals surface area contributed by atoms with Crippen molar-refractivity contribution in [3.05, 3.63) is 34.9 Å². The van der Waals surface area contributed by atoms with Crippen molar-refractivity contribution in [2.24, 2.45) is 0 Å². The Kier molecular flexibility index (Phi) is 2.12. The minimum absolute atomic E-state index is 0.649. The lowest BCUT2D eigenvalue weighted by molar-refractivity contribution is 0.353.